The number of halogens is 1. The summed E-state index contributed by atoms with van der Waals surface area (Å²) in [6.07, 6.45) is 1.91. The lowest BCUT2D eigenvalue weighted by Gasteiger charge is -2.00. The molecule has 1 heterocycles. The lowest BCUT2D eigenvalue weighted by molar-refractivity contribution is 0.111. The second-order valence-electron chi connectivity index (χ2n) is 2.96. The Labute approximate surface area is 85.6 Å². The molecule has 0 bridgehead atoms. The maximum atomic E-state index is 12.9. The highest BCUT2D eigenvalue weighted by atomic mass is 19.1. The molecule has 74 valence electrons. The summed E-state index contributed by atoms with van der Waals surface area (Å²) in [4.78, 5) is 18.2. The number of rotatable bonds is 2. The molecule has 3 nitrogen and oxygen atoms in total. The number of aromatic nitrogens is 2. The zero-order valence-electron chi connectivity index (χ0n) is 7.72. The minimum atomic E-state index is -0.334. The molecule has 2 rings (SSSR count). The summed E-state index contributed by atoms with van der Waals surface area (Å²) in [6.45, 7) is 0. The van der Waals surface area contributed by atoms with Crippen LogP contribution in [0, 0.1) is 5.82 Å². The maximum Gasteiger partial charge on any atom is 0.168 e. The van der Waals surface area contributed by atoms with Gasteiger partial charge in [0.25, 0.3) is 0 Å². The van der Waals surface area contributed by atoms with Gasteiger partial charge in [-0.15, -0.1) is 0 Å². The number of carbonyl (C=O) groups excluding carboxylic acids is 1. The van der Waals surface area contributed by atoms with Gasteiger partial charge in [0.05, 0.1) is 5.69 Å². The van der Waals surface area contributed by atoms with E-state index < -0.39 is 0 Å². The van der Waals surface area contributed by atoms with Crippen LogP contribution < -0.4 is 0 Å². The van der Waals surface area contributed by atoms with Crippen molar-refractivity contribution in [3.8, 4) is 11.3 Å². The van der Waals surface area contributed by atoms with Crippen LogP contribution in [0.2, 0.25) is 0 Å². The zero-order chi connectivity index (χ0) is 10.7. The van der Waals surface area contributed by atoms with E-state index in [4.69, 9.17) is 0 Å². The van der Waals surface area contributed by atoms with E-state index >= 15 is 0 Å². The summed E-state index contributed by atoms with van der Waals surface area (Å²) in [6, 6.07) is 7.54. The third-order valence-corrected chi connectivity index (χ3v) is 1.93. The van der Waals surface area contributed by atoms with E-state index in [9.17, 15) is 9.18 Å². The normalized spacial score (nSPS) is 9.93. The van der Waals surface area contributed by atoms with Crippen LogP contribution in [-0.2, 0) is 0 Å². The molecular formula is C11H7FN2O. The fourth-order valence-electron chi connectivity index (χ4n) is 1.24. The average Bonchev–Trinajstić information content (AvgIpc) is 2.29. The van der Waals surface area contributed by atoms with E-state index in [0.717, 1.165) is 0 Å². The third-order valence-electron chi connectivity index (χ3n) is 1.93. The van der Waals surface area contributed by atoms with Crippen LogP contribution in [0.5, 0.6) is 0 Å². The molecule has 1 aromatic carbocycles. The zero-order valence-corrected chi connectivity index (χ0v) is 7.72. The van der Waals surface area contributed by atoms with Crippen LogP contribution in [0.1, 0.15) is 10.5 Å². The topological polar surface area (TPSA) is 42.9 Å². The van der Waals surface area contributed by atoms with Gasteiger partial charge in [-0.2, -0.15) is 0 Å². The molecule has 0 aliphatic heterocycles. The van der Waals surface area contributed by atoms with Crippen LogP contribution in [0.4, 0.5) is 4.39 Å². The SMILES string of the molecule is O=Cc1cc(-c2cccc(F)c2)ncn1. The fourth-order valence-corrected chi connectivity index (χ4v) is 1.24. The molecule has 0 aliphatic carbocycles. The molecule has 2 aromatic rings. The Bertz CT molecular complexity index is 499. The molecule has 0 fully saturated rings. The summed E-state index contributed by atoms with van der Waals surface area (Å²) in [5.41, 5.74) is 1.44. The van der Waals surface area contributed by atoms with Crippen molar-refractivity contribution in [2.45, 2.75) is 0 Å². The standard InChI is InChI=1S/C11H7FN2O/c12-9-3-1-2-8(4-9)11-5-10(6-15)13-7-14-11/h1-7H. The molecule has 0 atom stereocenters. The Kier molecular flexibility index (Phi) is 2.49. The number of hydrogen-bond donors (Lipinski definition) is 0. The predicted octanol–water partition coefficient (Wildman–Crippen LogP) is 2.10. The highest BCUT2D eigenvalue weighted by Gasteiger charge is 2.02. The lowest BCUT2D eigenvalue weighted by atomic mass is 10.1. The molecule has 0 unspecified atom stereocenters. The second kappa shape index (κ2) is 3.96. The molecular weight excluding hydrogens is 195 g/mol. The van der Waals surface area contributed by atoms with E-state index in [1.165, 1.54) is 24.5 Å². The van der Waals surface area contributed by atoms with Gasteiger partial charge < -0.3 is 0 Å². The first-order valence-electron chi connectivity index (χ1n) is 4.33. The van der Waals surface area contributed by atoms with Gasteiger partial charge in [0.2, 0.25) is 0 Å². The number of carbonyl (C=O) groups is 1. The summed E-state index contributed by atoms with van der Waals surface area (Å²) in [5.74, 6) is -0.334. The van der Waals surface area contributed by atoms with Crippen molar-refractivity contribution in [3.63, 3.8) is 0 Å². The Balaban J connectivity index is 2.49. The van der Waals surface area contributed by atoms with Crippen molar-refractivity contribution in [2.24, 2.45) is 0 Å². The van der Waals surface area contributed by atoms with Crippen molar-refractivity contribution in [2.75, 3.05) is 0 Å². The Morgan fingerprint density at radius 1 is 1.20 bits per heavy atom. The maximum absolute atomic E-state index is 12.9. The van der Waals surface area contributed by atoms with Gasteiger partial charge in [0.1, 0.15) is 17.8 Å². The molecule has 0 saturated heterocycles. The molecule has 15 heavy (non-hydrogen) atoms. The number of hydrogen-bond acceptors (Lipinski definition) is 3. The fraction of sp³-hybridized carbons (Fsp3) is 0. The molecule has 0 spiro atoms. The van der Waals surface area contributed by atoms with Gasteiger partial charge in [0.15, 0.2) is 6.29 Å². The quantitative estimate of drug-likeness (QED) is 0.700. The molecule has 0 N–H and O–H groups in total. The first kappa shape index (κ1) is 9.45. The molecule has 0 aliphatic rings. The van der Waals surface area contributed by atoms with Gasteiger partial charge in [-0.1, -0.05) is 12.1 Å². The van der Waals surface area contributed by atoms with E-state index in [0.29, 0.717) is 17.5 Å². The van der Waals surface area contributed by atoms with Gasteiger partial charge in [0, 0.05) is 5.56 Å². The minimum absolute atomic E-state index is 0.282. The number of aldehydes is 1. The van der Waals surface area contributed by atoms with Crippen LogP contribution in [0.15, 0.2) is 36.7 Å². The van der Waals surface area contributed by atoms with Crippen LogP contribution in [0.3, 0.4) is 0 Å². The summed E-state index contributed by atoms with van der Waals surface area (Å²) in [7, 11) is 0. The average molecular weight is 202 g/mol. The lowest BCUT2D eigenvalue weighted by Crippen LogP contribution is -1.91. The summed E-state index contributed by atoms with van der Waals surface area (Å²) in [5, 5.41) is 0. The molecule has 1 aromatic heterocycles. The van der Waals surface area contributed by atoms with Crippen molar-refractivity contribution < 1.29 is 9.18 Å². The summed E-state index contributed by atoms with van der Waals surface area (Å²) >= 11 is 0. The highest BCUT2D eigenvalue weighted by molar-refractivity contribution is 5.74. The van der Waals surface area contributed by atoms with E-state index in [1.54, 1.807) is 12.1 Å². The van der Waals surface area contributed by atoms with Crippen LogP contribution >= 0.6 is 0 Å². The van der Waals surface area contributed by atoms with Crippen molar-refractivity contribution in [3.05, 3.63) is 48.2 Å². The number of nitrogens with zero attached hydrogens (tertiary/aromatic N) is 2. The first-order chi connectivity index (χ1) is 7.29. The van der Waals surface area contributed by atoms with Gasteiger partial charge in [-0.25, -0.2) is 14.4 Å². The van der Waals surface area contributed by atoms with E-state index in [1.807, 2.05) is 0 Å². The van der Waals surface area contributed by atoms with E-state index in [-0.39, 0.29) is 11.5 Å². The second-order valence-corrected chi connectivity index (χ2v) is 2.96. The number of benzene rings is 1. The molecule has 0 radical (unpaired) electrons. The summed E-state index contributed by atoms with van der Waals surface area (Å²) < 4.78 is 12.9. The minimum Gasteiger partial charge on any atom is -0.296 e. The molecule has 0 amide bonds. The van der Waals surface area contributed by atoms with E-state index in [2.05, 4.69) is 9.97 Å². The van der Waals surface area contributed by atoms with Crippen LogP contribution in [-0.4, -0.2) is 16.3 Å². The predicted molar refractivity (Wildman–Crippen MR) is 52.8 cm³/mol. The van der Waals surface area contributed by atoms with Crippen molar-refractivity contribution >= 4 is 6.29 Å². The Morgan fingerprint density at radius 2 is 2.07 bits per heavy atom. The first-order valence-corrected chi connectivity index (χ1v) is 4.33. The van der Waals surface area contributed by atoms with Gasteiger partial charge in [-0.05, 0) is 18.2 Å². The van der Waals surface area contributed by atoms with Gasteiger partial charge in [-0.3, -0.25) is 4.79 Å². The smallest absolute Gasteiger partial charge is 0.168 e. The monoisotopic (exact) mass is 202 g/mol. The molecule has 0 saturated carbocycles. The van der Waals surface area contributed by atoms with Crippen LogP contribution in [0.25, 0.3) is 11.3 Å². The largest absolute Gasteiger partial charge is 0.296 e. The Morgan fingerprint density at radius 3 is 2.80 bits per heavy atom. The Hall–Kier alpha value is -2.10. The van der Waals surface area contributed by atoms with Crippen molar-refractivity contribution in [1.29, 1.82) is 0 Å². The highest BCUT2D eigenvalue weighted by Crippen LogP contribution is 2.17. The molecule has 4 heteroatoms. The van der Waals surface area contributed by atoms with Crippen molar-refractivity contribution in [1.82, 2.24) is 9.97 Å². The van der Waals surface area contributed by atoms with Gasteiger partial charge >= 0.3 is 0 Å². The third kappa shape index (κ3) is 2.04.